The molecule has 1 aliphatic heterocycles. The maximum Gasteiger partial charge on any atom is 0.124 e. The van der Waals surface area contributed by atoms with Gasteiger partial charge in [0.1, 0.15) is 11.5 Å². The molecule has 1 aliphatic rings. The Morgan fingerprint density at radius 3 is 2.81 bits per heavy atom. The molecule has 0 aliphatic carbocycles. The predicted octanol–water partition coefficient (Wildman–Crippen LogP) is 3.33. The van der Waals surface area contributed by atoms with E-state index >= 15 is 0 Å². The quantitative estimate of drug-likeness (QED) is 0.933. The third-order valence-electron chi connectivity index (χ3n) is 3.94. The van der Waals surface area contributed by atoms with E-state index in [1.165, 1.54) is 16.7 Å². The van der Waals surface area contributed by atoms with E-state index in [0.29, 0.717) is 6.61 Å². The van der Waals surface area contributed by atoms with Gasteiger partial charge >= 0.3 is 0 Å². The third-order valence-corrected chi connectivity index (χ3v) is 3.94. The molecule has 0 radical (unpaired) electrons. The summed E-state index contributed by atoms with van der Waals surface area (Å²) in [7, 11) is 1.71. The van der Waals surface area contributed by atoms with Crippen LogP contribution in [0.15, 0.2) is 42.5 Å². The monoisotopic (exact) mass is 283 g/mol. The van der Waals surface area contributed by atoms with Gasteiger partial charge in [-0.3, -0.25) is 0 Å². The average molecular weight is 283 g/mol. The van der Waals surface area contributed by atoms with Gasteiger partial charge in [-0.2, -0.15) is 0 Å². The summed E-state index contributed by atoms with van der Waals surface area (Å²) < 4.78 is 11.2. The SMILES string of the molecule is CCOc1ccccc1C1NCCc2ccc(OC)cc21. The van der Waals surface area contributed by atoms with Crippen LogP contribution in [0.2, 0.25) is 0 Å². The van der Waals surface area contributed by atoms with Crippen LogP contribution in [0.25, 0.3) is 0 Å². The minimum Gasteiger partial charge on any atom is -0.497 e. The molecular formula is C18H21NO2. The Balaban J connectivity index is 2.05. The van der Waals surface area contributed by atoms with Crippen LogP contribution in [-0.2, 0) is 6.42 Å². The molecule has 3 rings (SSSR count). The van der Waals surface area contributed by atoms with Gasteiger partial charge in [0, 0.05) is 12.1 Å². The van der Waals surface area contributed by atoms with Gasteiger partial charge in [0.2, 0.25) is 0 Å². The fraction of sp³-hybridized carbons (Fsp3) is 0.333. The molecule has 2 aromatic rings. The lowest BCUT2D eigenvalue weighted by molar-refractivity contribution is 0.333. The zero-order valence-electron chi connectivity index (χ0n) is 12.6. The van der Waals surface area contributed by atoms with Gasteiger partial charge in [-0.1, -0.05) is 24.3 Å². The average Bonchev–Trinajstić information content (AvgIpc) is 2.55. The predicted molar refractivity (Wildman–Crippen MR) is 84.2 cm³/mol. The zero-order valence-corrected chi connectivity index (χ0v) is 12.6. The van der Waals surface area contributed by atoms with Crippen molar-refractivity contribution < 1.29 is 9.47 Å². The van der Waals surface area contributed by atoms with E-state index in [1.807, 2.05) is 25.1 Å². The van der Waals surface area contributed by atoms with Crippen LogP contribution in [0.1, 0.15) is 29.7 Å². The van der Waals surface area contributed by atoms with Gasteiger partial charge in [0.15, 0.2) is 0 Å². The number of hydrogen-bond acceptors (Lipinski definition) is 3. The van der Waals surface area contributed by atoms with Crippen molar-refractivity contribution in [1.29, 1.82) is 0 Å². The van der Waals surface area contributed by atoms with Crippen molar-refractivity contribution in [3.8, 4) is 11.5 Å². The highest BCUT2D eigenvalue weighted by molar-refractivity contribution is 5.47. The third kappa shape index (κ3) is 2.74. The fourth-order valence-electron chi connectivity index (χ4n) is 2.94. The zero-order chi connectivity index (χ0) is 14.7. The largest absolute Gasteiger partial charge is 0.497 e. The number of para-hydroxylation sites is 1. The van der Waals surface area contributed by atoms with Crippen LogP contribution in [0.4, 0.5) is 0 Å². The Hall–Kier alpha value is -2.00. The molecular weight excluding hydrogens is 262 g/mol. The summed E-state index contributed by atoms with van der Waals surface area (Å²) in [6.45, 7) is 3.67. The fourth-order valence-corrected chi connectivity index (χ4v) is 2.94. The Labute approximate surface area is 125 Å². The van der Waals surface area contributed by atoms with Crippen molar-refractivity contribution >= 4 is 0 Å². The molecule has 0 bridgehead atoms. The van der Waals surface area contributed by atoms with Crippen molar-refractivity contribution in [1.82, 2.24) is 5.32 Å². The first kappa shape index (κ1) is 14.0. The van der Waals surface area contributed by atoms with Crippen molar-refractivity contribution in [2.45, 2.75) is 19.4 Å². The Kier molecular flexibility index (Phi) is 4.11. The van der Waals surface area contributed by atoms with Crippen LogP contribution in [-0.4, -0.2) is 20.3 Å². The number of methoxy groups -OCH3 is 1. The number of rotatable bonds is 4. The molecule has 1 N–H and O–H groups in total. The number of hydrogen-bond donors (Lipinski definition) is 1. The summed E-state index contributed by atoms with van der Waals surface area (Å²) in [6.07, 6.45) is 1.05. The van der Waals surface area contributed by atoms with Gasteiger partial charge in [-0.25, -0.2) is 0 Å². The highest BCUT2D eigenvalue weighted by Gasteiger charge is 2.24. The molecule has 0 fully saturated rings. The lowest BCUT2D eigenvalue weighted by atomic mass is 9.89. The molecule has 0 saturated carbocycles. The normalized spacial score (nSPS) is 17.1. The Morgan fingerprint density at radius 2 is 2.00 bits per heavy atom. The topological polar surface area (TPSA) is 30.5 Å². The molecule has 1 heterocycles. The second kappa shape index (κ2) is 6.19. The van der Waals surface area contributed by atoms with Crippen LogP contribution in [0, 0.1) is 0 Å². The number of fused-ring (bicyclic) bond motifs is 1. The van der Waals surface area contributed by atoms with Crippen molar-refractivity contribution in [3.63, 3.8) is 0 Å². The number of benzene rings is 2. The summed E-state index contributed by atoms with van der Waals surface area (Å²) in [5, 5.41) is 3.61. The van der Waals surface area contributed by atoms with Crippen LogP contribution < -0.4 is 14.8 Å². The van der Waals surface area contributed by atoms with Crippen molar-refractivity contribution in [2.75, 3.05) is 20.3 Å². The maximum absolute atomic E-state index is 5.79. The first-order chi connectivity index (χ1) is 10.3. The number of ether oxygens (including phenoxy) is 2. The molecule has 0 spiro atoms. The molecule has 2 aromatic carbocycles. The van der Waals surface area contributed by atoms with E-state index < -0.39 is 0 Å². The summed E-state index contributed by atoms with van der Waals surface area (Å²) in [4.78, 5) is 0. The summed E-state index contributed by atoms with van der Waals surface area (Å²) >= 11 is 0. The molecule has 0 aromatic heterocycles. The lowest BCUT2D eigenvalue weighted by Gasteiger charge is -2.29. The van der Waals surface area contributed by atoms with E-state index in [9.17, 15) is 0 Å². The molecule has 3 nitrogen and oxygen atoms in total. The van der Waals surface area contributed by atoms with Gasteiger partial charge in [-0.05, 0) is 42.7 Å². The van der Waals surface area contributed by atoms with Gasteiger partial charge in [-0.15, -0.1) is 0 Å². The molecule has 0 saturated heterocycles. The smallest absolute Gasteiger partial charge is 0.124 e. The highest BCUT2D eigenvalue weighted by atomic mass is 16.5. The van der Waals surface area contributed by atoms with E-state index in [1.54, 1.807) is 7.11 Å². The number of nitrogens with one attached hydrogen (secondary N) is 1. The minimum atomic E-state index is 0.159. The Morgan fingerprint density at radius 1 is 1.14 bits per heavy atom. The maximum atomic E-state index is 5.79. The van der Waals surface area contributed by atoms with Gasteiger partial charge in [0.25, 0.3) is 0 Å². The van der Waals surface area contributed by atoms with Crippen LogP contribution in [0.5, 0.6) is 11.5 Å². The first-order valence-electron chi connectivity index (χ1n) is 7.45. The van der Waals surface area contributed by atoms with Crippen molar-refractivity contribution in [3.05, 3.63) is 59.2 Å². The van der Waals surface area contributed by atoms with E-state index in [4.69, 9.17) is 9.47 Å². The molecule has 3 heteroatoms. The van der Waals surface area contributed by atoms with Crippen molar-refractivity contribution in [2.24, 2.45) is 0 Å². The highest BCUT2D eigenvalue weighted by Crippen LogP contribution is 2.35. The summed E-state index contributed by atoms with van der Waals surface area (Å²) in [6, 6.07) is 14.8. The minimum absolute atomic E-state index is 0.159. The second-order valence-electron chi connectivity index (χ2n) is 5.17. The van der Waals surface area contributed by atoms with E-state index in [-0.39, 0.29) is 6.04 Å². The first-order valence-corrected chi connectivity index (χ1v) is 7.45. The standard InChI is InChI=1S/C18H21NO2/c1-3-21-17-7-5-4-6-15(17)18-16-12-14(20-2)9-8-13(16)10-11-19-18/h4-9,12,18-19H,3,10-11H2,1-2H3. The van der Waals surface area contributed by atoms with Gasteiger partial charge < -0.3 is 14.8 Å². The lowest BCUT2D eigenvalue weighted by Crippen LogP contribution is -2.30. The molecule has 110 valence electrons. The van der Waals surface area contributed by atoms with E-state index in [2.05, 4.69) is 29.6 Å². The second-order valence-corrected chi connectivity index (χ2v) is 5.17. The Bertz CT molecular complexity index is 624. The van der Waals surface area contributed by atoms with Gasteiger partial charge in [0.05, 0.1) is 19.8 Å². The summed E-state index contributed by atoms with van der Waals surface area (Å²) in [5.74, 6) is 1.85. The molecule has 0 amide bonds. The van der Waals surface area contributed by atoms with E-state index in [0.717, 1.165) is 24.5 Å². The van der Waals surface area contributed by atoms with Crippen LogP contribution >= 0.6 is 0 Å². The molecule has 21 heavy (non-hydrogen) atoms. The van der Waals surface area contributed by atoms with Crippen LogP contribution in [0.3, 0.4) is 0 Å². The molecule has 1 unspecified atom stereocenters. The molecule has 1 atom stereocenters. The summed E-state index contributed by atoms with van der Waals surface area (Å²) in [5.41, 5.74) is 3.85.